The van der Waals surface area contributed by atoms with Crippen molar-refractivity contribution < 1.29 is 0 Å². The third-order valence-corrected chi connectivity index (χ3v) is 2.40. The van der Waals surface area contributed by atoms with E-state index in [0.717, 1.165) is 6.54 Å². The van der Waals surface area contributed by atoms with Crippen LogP contribution in [0.15, 0.2) is 24.5 Å². The Labute approximate surface area is 73.0 Å². The molecular formula is C10H14N2. The smallest absolute Gasteiger partial charge is 0.0335 e. The highest BCUT2D eigenvalue weighted by Crippen LogP contribution is 2.21. The molecule has 12 heavy (non-hydrogen) atoms. The number of nitrogens with one attached hydrogen (secondary N) is 1. The van der Waals surface area contributed by atoms with Crippen molar-refractivity contribution in [2.24, 2.45) is 0 Å². The van der Waals surface area contributed by atoms with E-state index in [0.29, 0.717) is 6.04 Å². The first-order valence-electron chi connectivity index (χ1n) is 4.60. The van der Waals surface area contributed by atoms with Crippen LogP contribution in [0.4, 0.5) is 0 Å². The lowest BCUT2D eigenvalue weighted by molar-refractivity contribution is 0.411. The fourth-order valence-electron chi connectivity index (χ4n) is 1.72. The second-order valence-corrected chi connectivity index (χ2v) is 3.29. The summed E-state index contributed by atoms with van der Waals surface area (Å²) in [4.78, 5) is 4.12. The van der Waals surface area contributed by atoms with E-state index in [1.54, 1.807) is 0 Å². The number of hydrogen-bond acceptors (Lipinski definition) is 2. The van der Waals surface area contributed by atoms with E-state index in [-0.39, 0.29) is 0 Å². The summed E-state index contributed by atoms with van der Waals surface area (Å²) in [6.07, 6.45) is 7.70. The van der Waals surface area contributed by atoms with Gasteiger partial charge in [0.1, 0.15) is 0 Å². The lowest BCUT2D eigenvalue weighted by Gasteiger charge is -2.23. The summed E-state index contributed by atoms with van der Waals surface area (Å²) < 4.78 is 0. The highest BCUT2D eigenvalue weighted by atomic mass is 15.6. The third-order valence-electron chi connectivity index (χ3n) is 2.40. The maximum atomic E-state index is 4.12. The van der Waals surface area contributed by atoms with Crippen molar-refractivity contribution in [3.8, 4) is 0 Å². The van der Waals surface area contributed by atoms with Gasteiger partial charge in [0.25, 0.3) is 0 Å². The van der Waals surface area contributed by atoms with Crippen LogP contribution >= 0.6 is 0 Å². The van der Waals surface area contributed by atoms with Gasteiger partial charge in [0.05, 0.1) is 0 Å². The van der Waals surface area contributed by atoms with E-state index >= 15 is 0 Å². The number of hydrogen-bond donors (Lipinski definition) is 1. The maximum absolute atomic E-state index is 4.12. The Morgan fingerprint density at radius 2 is 2.42 bits per heavy atom. The van der Waals surface area contributed by atoms with Gasteiger partial charge in [0, 0.05) is 18.4 Å². The van der Waals surface area contributed by atoms with Gasteiger partial charge in [-0.3, -0.25) is 4.98 Å². The predicted octanol–water partition coefficient (Wildman–Crippen LogP) is 1.90. The SMILES string of the molecule is c1cncc([C@@H]2CCCC[15NH]2)c1. The first-order valence-corrected chi connectivity index (χ1v) is 4.60. The lowest BCUT2D eigenvalue weighted by atomic mass is 10.0. The van der Waals surface area contributed by atoms with Gasteiger partial charge in [0.2, 0.25) is 0 Å². The molecule has 1 N–H and O–H groups in total. The zero-order valence-electron chi connectivity index (χ0n) is 7.16. The summed E-state index contributed by atoms with van der Waals surface area (Å²) in [5.41, 5.74) is 1.33. The van der Waals surface area contributed by atoms with Gasteiger partial charge in [-0.15, -0.1) is 0 Å². The molecule has 2 heteroatoms. The molecule has 64 valence electrons. The number of piperidine rings is 1. The molecule has 1 aromatic heterocycles. The molecule has 0 aliphatic carbocycles. The van der Waals surface area contributed by atoms with Crippen LogP contribution < -0.4 is 5.32 Å². The Morgan fingerprint density at radius 3 is 3.08 bits per heavy atom. The van der Waals surface area contributed by atoms with Crippen LogP contribution in [0.3, 0.4) is 0 Å². The minimum Gasteiger partial charge on any atom is -0.310 e. The minimum atomic E-state index is 0.549. The number of rotatable bonds is 1. The molecule has 0 unspecified atom stereocenters. The van der Waals surface area contributed by atoms with Crippen LogP contribution in [0.25, 0.3) is 0 Å². The van der Waals surface area contributed by atoms with Crippen LogP contribution in [0, 0.1) is 0 Å². The van der Waals surface area contributed by atoms with Crippen LogP contribution in [-0.4, -0.2) is 11.5 Å². The van der Waals surface area contributed by atoms with Crippen LogP contribution in [-0.2, 0) is 0 Å². The Morgan fingerprint density at radius 1 is 1.42 bits per heavy atom. The van der Waals surface area contributed by atoms with Crippen molar-refractivity contribution in [2.75, 3.05) is 6.54 Å². The summed E-state index contributed by atoms with van der Waals surface area (Å²) in [5, 5.41) is 3.50. The highest BCUT2D eigenvalue weighted by Gasteiger charge is 2.13. The normalized spacial score (nSPS) is 23.8. The van der Waals surface area contributed by atoms with Crippen LogP contribution in [0.5, 0.6) is 0 Å². The molecule has 0 radical (unpaired) electrons. The van der Waals surface area contributed by atoms with E-state index in [2.05, 4.69) is 16.4 Å². The predicted molar refractivity (Wildman–Crippen MR) is 48.8 cm³/mol. The molecule has 2 nitrogen and oxygen atoms in total. The molecule has 1 fully saturated rings. The average molecular weight is 163 g/mol. The molecule has 0 spiro atoms. The topological polar surface area (TPSA) is 24.9 Å². The van der Waals surface area contributed by atoms with Gasteiger partial charge in [-0.25, -0.2) is 0 Å². The molecule has 1 aliphatic heterocycles. The Bertz CT molecular complexity index is 227. The van der Waals surface area contributed by atoms with Crippen molar-refractivity contribution in [3.63, 3.8) is 0 Å². The van der Waals surface area contributed by atoms with Gasteiger partial charge >= 0.3 is 0 Å². The van der Waals surface area contributed by atoms with Crippen molar-refractivity contribution in [3.05, 3.63) is 30.1 Å². The number of pyridine rings is 1. The van der Waals surface area contributed by atoms with Gasteiger partial charge in [-0.05, 0) is 31.0 Å². The van der Waals surface area contributed by atoms with Crippen LogP contribution in [0.2, 0.25) is 0 Å². The zero-order chi connectivity index (χ0) is 8.23. The van der Waals surface area contributed by atoms with Crippen molar-refractivity contribution in [1.82, 2.24) is 10.3 Å². The van der Waals surface area contributed by atoms with E-state index in [1.807, 2.05) is 18.5 Å². The number of nitrogens with zero attached hydrogens (tertiary/aromatic N) is 1. The summed E-state index contributed by atoms with van der Waals surface area (Å²) >= 11 is 0. The standard InChI is InChI=1S/C10H14N2/c1-2-7-12-10(5-1)9-4-3-6-11-8-9/h3-4,6,8,10,12H,1-2,5,7H2/t10-/m0/s1/i12+1. The molecule has 0 saturated carbocycles. The molecule has 2 heterocycles. The summed E-state index contributed by atoms with van der Waals surface area (Å²) in [7, 11) is 0. The van der Waals surface area contributed by atoms with E-state index in [4.69, 9.17) is 0 Å². The van der Waals surface area contributed by atoms with Gasteiger partial charge < -0.3 is 5.32 Å². The first-order chi connectivity index (χ1) is 5.97. The second-order valence-electron chi connectivity index (χ2n) is 3.29. The lowest BCUT2D eigenvalue weighted by Crippen LogP contribution is -2.26. The summed E-state index contributed by atoms with van der Waals surface area (Å²) in [6, 6.07) is 4.70. The van der Waals surface area contributed by atoms with Crippen molar-refractivity contribution >= 4 is 0 Å². The van der Waals surface area contributed by atoms with Gasteiger partial charge in [0.15, 0.2) is 0 Å². The molecule has 0 aromatic carbocycles. The maximum Gasteiger partial charge on any atom is 0.0335 e. The summed E-state index contributed by atoms with van der Waals surface area (Å²) in [6.45, 7) is 1.15. The van der Waals surface area contributed by atoms with Crippen molar-refractivity contribution in [2.45, 2.75) is 25.3 Å². The molecule has 0 bridgehead atoms. The van der Waals surface area contributed by atoms with E-state index in [1.165, 1.54) is 24.8 Å². The van der Waals surface area contributed by atoms with Gasteiger partial charge in [-0.1, -0.05) is 12.5 Å². The molecule has 2 rings (SSSR count). The first kappa shape index (κ1) is 7.74. The Hall–Kier alpha value is -0.890. The quantitative estimate of drug-likeness (QED) is 0.639. The zero-order valence-corrected chi connectivity index (χ0v) is 7.16. The van der Waals surface area contributed by atoms with Crippen molar-refractivity contribution in [1.29, 1.82) is 0 Å². The second kappa shape index (κ2) is 3.68. The molecule has 1 saturated heterocycles. The monoisotopic (exact) mass is 163 g/mol. The fraction of sp³-hybridized carbons (Fsp3) is 0.500. The highest BCUT2D eigenvalue weighted by molar-refractivity contribution is 5.14. The van der Waals surface area contributed by atoms with Crippen LogP contribution in [0.1, 0.15) is 30.9 Å². The molecule has 1 aliphatic rings. The average Bonchev–Trinajstić information content (AvgIpc) is 2.21. The number of aromatic nitrogens is 1. The van der Waals surface area contributed by atoms with Gasteiger partial charge in [-0.2, -0.15) is 0 Å². The molecule has 0 amide bonds. The molecule has 1 aromatic rings. The Kier molecular flexibility index (Phi) is 2.37. The largest absolute Gasteiger partial charge is 0.310 e. The molecule has 1 atom stereocenters. The summed E-state index contributed by atoms with van der Waals surface area (Å²) in [5.74, 6) is 0. The third kappa shape index (κ3) is 1.64. The molecular weight excluding hydrogens is 149 g/mol. The Balaban J connectivity index is 2.08. The fourth-order valence-corrected chi connectivity index (χ4v) is 1.72. The van der Waals surface area contributed by atoms with E-state index in [9.17, 15) is 0 Å². The minimum absolute atomic E-state index is 0.549. The van der Waals surface area contributed by atoms with E-state index < -0.39 is 0 Å².